The minimum Gasteiger partial charge on any atom is -0.324 e. The van der Waals surface area contributed by atoms with Crippen molar-refractivity contribution in [1.82, 2.24) is 4.90 Å². The predicted octanol–water partition coefficient (Wildman–Crippen LogP) is 5.74. The number of fused-ring (bicyclic) bond motifs is 2. The highest BCUT2D eigenvalue weighted by atomic mass is 35.5. The van der Waals surface area contributed by atoms with E-state index in [-0.39, 0.29) is 18.4 Å². The number of amides is 2. The summed E-state index contributed by atoms with van der Waals surface area (Å²) in [6, 6.07) is 22.4. The van der Waals surface area contributed by atoms with Crippen LogP contribution in [0.2, 0.25) is 5.02 Å². The van der Waals surface area contributed by atoms with Gasteiger partial charge >= 0.3 is 0 Å². The SMILES string of the molecule is O=C1CN(C(=O)c2ccc3ccccc3c2)C(c2cccs2)c2cc(Cl)ccc2N1. The maximum Gasteiger partial charge on any atom is 0.255 e. The summed E-state index contributed by atoms with van der Waals surface area (Å²) in [6.07, 6.45) is 0. The topological polar surface area (TPSA) is 49.4 Å². The molecule has 5 rings (SSSR count). The zero-order valence-corrected chi connectivity index (χ0v) is 17.4. The van der Waals surface area contributed by atoms with Crippen LogP contribution in [0.5, 0.6) is 0 Å². The molecule has 1 unspecified atom stereocenters. The van der Waals surface area contributed by atoms with Gasteiger partial charge in [-0.15, -0.1) is 11.3 Å². The summed E-state index contributed by atoms with van der Waals surface area (Å²) in [7, 11) is 0. The molecule has 0 saturated heterocycles. The molecule has 0 aliphatic carbocycles. The van der Waals surface area contributed by atoms with E-state index in [1.54, 1.807) is 28.4 Å². The molecular formula is C24H17ClN2O2S. The number of rotatable bonds is 2. The molecule has 30 heavy (non-hydrogen) atoms. The molecule has 4 nitrogen and oxygen atoms in total. The Labute approximate surface area is 182 Å². The molecule has 1 aliphatic heterocycles. The van der Waals surface area contributed by atoms with E-state index < -0.39 is 6.04 Å². The summed E-state index contributed by atoms with van der Waals surface area (Å²) in [5.74, 6) is -0.422. The molecule has 3 aromatic carbocycles. The van der Waals surface area contributed by atoms with Gasteiger partial charge in [0.1, 0.15) is 6.54 Å². The van der Waals surface area contributed by atoms with Gasteiger partial charge in [-0.2, -0.15) is 0 Å². The van der Waals surface area contributed by atoms with Crippen LogP contribution in [0, 0.1) is 0 Å². The van der Waals surface area contributed by atoms with Gasteiger partial charge in [0, 0.05) is 26.7 Å². The Hall–Kier alpha value is -3.15. The Kier molecular flexibility index (Phi) is 4.77. The van der Waals surface area contributed by atoms with Crippen molar-refractivity contribution in [2.75, 3.05) is 11.9 Å². The van der Waals surface area contributed by atoms with Crippen molar-refractivity contribution in [1.29, 1.82) is 0 Å². The lowest BCUT2D eigenvalue weighted by atomic mass is 10.00. The van der Waals surface area contributed by atoms with Crippen LogP contribution in [0.15, 0.2) is 78.2 Å². The summed E-state index contributed by atoms with van der Waals surface area (Å²) in [4.78, 5) is 28.9. The van der Waals surface area contributed by atoms with E-state index in [1.165, 1.54) is 0 Å². The fourth-order valence-corrected chi connectivity index (χ4v) is 4.94. The third-order valence-corrected chi connectivity index (χ3v) is 6.44. The van der Waals surface area contributed by atoms with Crippen molar-refractivity contribution in [3.8, 4) is 0 Å². The Morgan fingerprint density at radius 1 is 1.00 bits per heavy atom. The highest BCUT2D eigenvalue weighted by molar-refractivity contribution is 7.10. The highest BCUT2D eigenvalue weighted by Crippen LogP contribution is 2.39. The molecular weight excluding hydrogens is 416 g/mol. The van der Waals surface area contributed by atoms with Gasteiger partial charge in [-0.25, -0.2) is 0 Å². The molecule has 2 amide bonds. The average molecular weight is 433 g/mol. The monoisotopic (exact) mass is 432 g/mol. The first kappa shape index (κ1) is 18.9. The first-order valence-electron chi connectivity index (χ1n) is 9.52. The average Bonchev–Trinajstić information content (AvgIpc) is 3.24. The summed E-state index contributed by atoms with van der Waals surface area (Å²) in [6.45, 7) is -0.0411. The molecule has 0 bridgehead atoms. The van der Waals surface area contributed by atoms with Gasteiger partial charge in [0.2, 0.25) is 5.91 Å². The van der Waals surface area contributed by atoms with E-state index in [1.807, 2.05) is 66.0 Å². The Bertz CT molecular complexity index is 1270. The second kappa shape index (κ2) is 7.59. The molecule has 148 valence electrons. The summed E-state index contributed by atoms with van der Waals surface area (Å²) >= 11 is 7.84. The zero-order chi connectivity index (χ0) is 20.7. The lowest BCUT2D eigenvalue weighted by Crippen LogP contribution is -2.38. The Morgan fingerprint density at radius 2 is 1.83 bits per heavy atom. The third-order valence-electron chi connectivity index (χ3n) is 5.28. The molecule has 0 spiro atoms. The number of carbonyl (C=O) groups excluding carboxylic acids is 2. The van der Waals surface area contributed by atoms with Crippen LogP contribution in [-0.4, -0.2) is 23.3 Å². The van der Waals surface area contributed by atoms with Gasteiger partial charge in [0.25, 0.3) is 5.91 Å². The normalized spacial score (nSPS) is 16.1. The highest BCUT2D eigenvalue weighted by Gasteiger charge is 2.34. The second-order valence-corrected chi connectivity index (χ2v) is 8.61. The van der Waals surface area contributed by atoms with Crippen molar-refractivity contribution in [3.05, 3.63) is 99.2 Å². The van der Waals surface area contributed by atoms with E-state index in [4.69, 9.17) is 11.6 Å². The van der Waals surface area contributed by atoms with Gasteiger partial charge in [-0.05, 0) is 52.6 Å². The van der Waals surface area contributed by atoms with Crippen LogP contribution in [-0.2, 0) is 4.79 Å². The first-order chi connectivity index (χ1) is 14.6. The smallest absolute Gasteiger partial charge is 0.255 e. The van der Waals surface area contributed by atoms with Crippen molar-refractivity contribution >= 4 is 51.2 Å². The first-order valence-corrected chi connectivity index (χ1v) is 10.8. The molecule has 2 heterocycles. The Morgan fingerprint density at radius 3 is 2.63 bits per heavy atom. The number of thiophene rings is 1. The van der Waals surface area contributed by atoms with Crippen molar-refractivity contribution in [3.63, 3.8) is 0 Å². The van der Waals surface area contributed by atoms with Gasteiger partial charge in [-0.1, -0.05) is 48.0 Å². The molecule has 1 N–H and O–H groups in total. The van der Waals surface area contributed by atoms with Crippen LogP contribution >= 0.6 is 22.9 Å². The van der Waals surface area contributed by atoms with E-state index in [9.17, 15) is 9.59 Å². The lowest BCUT2D eigenvalue weighted by molar-refractivity contribution is -0.117. The summed E-state index contributed by atoms with van der Waals surface area (Å²) in [5.41, 5.74) is 2.04. The number of carbonyl (C=O) groups is 2. The van der Waals surface area contributed by atoms with E-state index in [2.05, 4.69) is 5.32 Å². The standard InChI is InChI=1S/C24H17ClN2O2S/c25-18-9-10-20-19(13-18)23(21-6-3-11-30-21)27(14-22(28)26-20)24(29)17-8-7-15-4-1-2-5-16(15)12-17/h1-13,23H,14H2,(H,26,28). The van der Waals surface area contributed by atoms with E-state index in [0.29, 0.717) is 16.3 Å². The maximum absolute atomic E-state index is 13.7. The Balaban J connectivity index is 1.65. The fourth-order valence-electron chi connectivity index (χ4n) is 3.91. The summed E-state index contributed by atoms with van der Waals surface area (Å²) < 4.78 is 0. The minimum absolute atomic E-state index is 0.0411. The number of benzene rings is 3. The quantitative estimate of drug-likeness (QED) is 0.439. The van der Waals surface area contributed by atoms with Crippen LogP contribution in [0.4, 0.5) is 5.69 Å². The molecule has 4 aromatic rings. The molecule has 0 saturated carbocycles. The number of nitrogens with zero attached hydrogens (tertiary/aromatic N) is 1. The number of halogens is 1. The third kappa shape index (κ3) is 3.36. The van der Waals surface area contributed by atoms with E-state index >= 15 is 0 Å². The molecule has 1 atom stereocenters. The van der Waals surface area contributed by atoms with Gasteiger partial charge in [-0.3, -0.25) is 9.59 Å². The maximum atomic E-state index is 13.7. The number of anilines is 1. The van der Waals surface area contributed by atoms with Gasteiger partial charge < -0.3 is 10.2 Å². The van der Waals surface area contributed by atoms with Crippen LogP contribution in [0.25, 0.3) is 10.8 Å². The molecule has 1 aromatic heterocycles. The molecule has 6 heteroatoms. The van der Waals surface area contributed by atoms with Gasteiger partial charge in [0.15, 0.2) is 0 Å². The zero-order valence-electron chi connectivity index (χ0n) is 15.8. The fraction of sp³-hybridized carbons (Fsp3) is 0.0833. The van der Waals surface area contributed by atoms with Crippen LogP contribution in [0.3, 0.4) is 0 Å². The van der Waals surface area contributed by atoms with E-state index in [0.717, 1.165) is 21.2 Å². The lowest BCUT2D eigenvalue weighted by Gasteiger charge is -2.29. The largest absolute Gasteiger partial charge is 0.324 e. The van der Waals surface area contributed by atoms with Crippen molar-refractivity contribution in [2.24, 2.45) is 0 Å². The van der Waals surface area contributed by atoms with Crippen LogP contribution in [0.1, 0.15) is 26.8 Å². The minimum atomic E-state index is -0.406. The van der Waals surface area contributed by atoms with Crippen LogP contribution < -0.4 is 5.32 Å². The second-order valence-electron chi connectivity index (χ2n) is 7.19. The van der Waals surface area contributed by atoms with Gasteiger partial charge in [0.05, 0.1) is 6.04 Å². The molecule has 0 fully saturated rings. The summed E-state index contributed by atoms with van der Waals surface area (Å²) in [5, 5.41) is 7.50. The number of hydrogen-bond acceptors (Lipinski definition) is 3. The van der Waals surface area contributed by atoms with Crippen molar-refractivity contribution < 1.29 is 9.59 Å². The number of nitrogens with one attached hydrogen (secondary N) is 1. The predicted molar refractivity (Wildman–Crippen MR) is 121 cm³/mol. The molecule has 1 aliphatic rings. The molecule has 0 radical (unpaired) electrons. The number of hydrogen-bond donors (Lipinski definition) is 1. The van der Waals surface area contributed by atoms with Crippen molar-refractivity contribution in [2.45, 2.75) is 6.04 Å².